The maximum atomic E-state index is 14.2. The number of fused-ring (bicyclic) bond motifs is 2. The molecule has 0 radical (unpaired) electrons. The quantitative estimate of drug-likeness (QED) is 0.181. The third kappa shape index (κ3) is 7.01. The van der Waals surface area contributed by atoms with Gasteiger partial charge in [-0.2, -0.15) is 0 Å². The van der Waals surface area contributed by atoms with E-state index in [0.717, 1.165) is 42.0 Å². The monoisotopic (exact) mass is 702 g/mol. The van der Waals surface area contributed by atoms with E-state index in [4.69, 9.17) is 9.47 Å². The van der Waals surface area contributed by atoms with Crippen molar-refractivity contribution in [3.8, 4) is 5.75 Å². The average molecular weight is 703 g/mol. The number of benzene rings is 4. The summed E-state index contributed by atoms with van der Waals surface area (Å²) in [7, 11) is -0.487. The lowest BCUT2D eigenvalue weighted by molar-refractivity contribution is -0.138. The molecule has 4 aromatic carbocycles. The minimum absolute atomic E-state index is 0.0189. The number of aliphatic hydroxyl groups excluding tert-OH is 1. The van der Waals surface area contributed by atoms with Gasteiger partial charge in [0, 0.05) is 18.7 Å². The summed E-state index contributed by atoms with van der Waals surface area (Å²) < 4.78 is 12.5. The van der Waals surface area contributed by atoms with Crippen LogP contribution in [0.15, 0.2) is 97.1 Å². The largest absolute Gasteiger partial charge is 0.497 e. The molecule has 7 rings (SSSR count). The van der Waals surface area contributed by atoms with Crippen molar-refractivity contribution in [2.75, 3.05) is 18.6 Å². The lowest BCUT2D eigenvalue weighted by Crippen LogP contribution is -2.52. The Morgan fingerprint density at radius 3 is 2.37 bits per heavy atom. The molecule has 51 heavy (non-hydrogen) atoms. The van der Waals surface area contributed by atoms with Crippen LogP contribution in [0.3, 0.4) is 0 Å². The number of ether oxygens (including phenoxy) is 2. The second-order valence-electron chi connectivity index (χ2n) is 15.1. The highest BCUT2D eigenvalue weighted by atomic mass is 28.3. The van der Waals surface area contributed by atoms with Crippen molar-refractivity contribution < 1.29 is 24.2 Å². The van der Waals surface area contributed by atoms with Crippen molar-refractivity contribution in [2.24, 2.45) is 5.92 Å². The number of rotatable bonds is 10. The lowest BCUT2D eigenvalue weighted by atomic mass is 9.93. The summed E-state index contributed by atoms with van der Waals surface area (Å²) in [6, 6.07) is 33.0. The van der Waals surface area contributed by atoms with E-state index >= 15 is 0 Å². The Morgan fingerprint density at radius 2 is 1.63 bits per heavy atom. The summed E-state index contributed by atoms with van der Waals surface area (Å²) >= 11 is 0. The molecule has 1 N–H and O–H groups in total. The molecule has 3 aliphatic heterocycles. The summed E-state index contributed by atoms with van der Waals surface area (Å²) in [5, 5.41) is 11.7. The Kier molecular flexibility index (Phi) is 10.2. The van der Waals surface area contributed by atoms with E-state index in [0.29, 0.717) is 25.8 Å². The second kappa shape index (κ2) is 14.8. The number of amides is 2. The zero-order chi connectivity index (χ0) is 35.7. The molecule has 2 amide bonds. The maximum absolute atomic E-state index is 14.2. The normalized spacial score (nSPS) is 23.2. The molecule has 7 nitrogen and oxygen atoms in total. The highest BCUT2D eigenvalue weighted by molar-refractivity contribution is 6.91. The summed E-state index contributed by atoms with van der Waals surface area (Å²) in [4.78, 5) is 31.1. The number of para-hydroxylation sites is 1. The summed E-state index contributed by atoms with van der Waals surface area (Å²) in [6.45, 7) is 7.57. The number of aliphatic hydroxyl groups is 1. The van der Waals surface area contributed by atoms with E-state index in [1.807, 2.05) is 64.4 Å². The molecule has 1 fully saturated rings. The van der Waals surface area contributed by atoms with Crippen molar-refractivity contribution in [3.63, 3.8) is 0 Å². The summed E-state index contributed by atoms with van der Waals surface area (Å²) in [5.74, 6) is 1.24. The first kappa shape index (κ1) is 35.2. The fourth-order valence-corrected chi connectivity index (χ4v) is 13.1. The third-order valence-corrected chi connectivity index (χ3v) is 16.2. The standard InChI is InChI=1S/C43H50N2O5Si/c1-29-39(22-16-30-10-9-14-34(24-30)45-38-15-8-7-11-31(38)17-23-41(45)47)50-40(43(29)51(3,4)37-20-18-36(49-2)19-21-37)26-42(48)44-27-33-13-6-5-12-32(33)25-35(44)28-46/h5-15,18-21,24,29,35,39-40,43,46H,16-17,22-23,25-28H2,1-4H3/t29-,35+,39+,40-,43+/m1/s1. The van der Waals surface area contributed by atoms with Crippen molar-refractivity contribution in [3.05, 3.63) is 119 Å². The van der Waals surface area contributed by atoms with Gasteiger partial charge < -0.3 is 19.5 Å². The Balaban J connectivity index is 1.13. The first-order chi connectivity index (χ1) is 24.7. The fraction of sp³-hybridized carbons (Fsp3) is 0.395. The molecule has 3 aliphatic rings. The molecule has 0 bridgehead atoms. The van der Waals surface area contributed by atoms with Crippen LogP contribution in [0, 0.1) is 5.92 Å². The Morgan fingerprint density at radius 1 is 0.902 bits per heavy atom. The zero-order valence-electron chi connectivity index (χ0n) is 30.3. The van der Waals surface area contributed by atoms with Crippen molar-refractivity contribution in [2.45, 2.75) is 88.9 Å². The number of aryl methyl sites for hydroxylation is 2. The van der Waals surface area contributed by atoms with E-state index in [9.17, 15) is 14.7 Å². The van der Waals surface area contributed by atoms with Crippen LogP contribution < -0.4 is 14.8 Å². The van der Waals surface area contributed by atoms with Gasteiger partial charge in [-0.1, -0.05) is 91.9 Å². The zero-order valence-corrected chi connectivity index (χ0v) is 31.3. The van der Waals surface area contributed by atoms with E-state index in [1.54, 1.807) is 7.11 Å². The number of hydrogen-bond acceptors (Lipinski definition) is 5. The first-order valence-electron chi connectivity index (χ1n) is 18.4. The number of hydrogen-bond donors (Lipinski definition) is 1. The Labute approximate surface area is 303 Å². The number of methoxy groups -OCH3 is 1. The Bertz CT molecular complexity index is 1880. The number of anilines is 2. The van der Waals surface area contributed by atoms with Gasteiger partial charge in [-0.3, -0.25) is 14.5 Å². The summed E-state index contributed by atoms with van der Waals surface area (Å²) in [6.07, 6.45) is 3.61. The van der Waals surface area contributed by atoms with E-state index in [1.165, 1.54) is 21.9 Å². The Hall–Kier alpha value is -4.24. The topological polar surface area (TPSA) is 79.3 Å². The van der Waals surface area contributed by atoms with Crippen LogP contribution in [0.2, 0.25) is 18.6 Å². The van der Waals surface area contributed by atoms with Crippen LogP contribution in [-0.2, 0) is 40.1 Å². The van der Waals surface area contributed by atoms with Gasteiger partial charge in [-0.05, 0) is 89.7 Å². The molecule has 8 heteroatoms. The lowest BCUT2D eigenvalue weighted by Gasteiger charge is -2.39. The second-order valence-corrected chi connectivity index (χ2v) is 19.8. The molecule has 0 spiro atoms. The molecule has 3 heterocycles. The van der Waals surface area contributed by atoms with Crippen molar-refractivity contribution >= 4 is 36.4 Å². The van der Waals surface area contributed by atoms with Crippen LogP contribution >= 0.6 is 0 Å². The SMILES string of the molecule is COc1ccc([Si](C)(C)[C@H]2[C@H](C)[C@H](CCc3cccc(N4C(=O)CCc5ccccc54)c3)O[C@@H]2CC(=O)N2Cc3ccccc3C[C@H]2CO)cc1. The van der Waals surface area contributed by atoms with Crippen LogP contribution in [0.4, 0.5) is 11.4 Å². The average Bonchev–Trinajstić information content (AvgIpc) is 3.47. The predicted molar refractivity (Wildman–Crippen MR) is 205 cm³/mol. The number of nitrogens with zero attached hydrogens (tertiary/aromatic N) is 2. The highest BCUT2D eigenvalue weighted by Gasteiger charge is 2.51. The highest BCUT2D eigenvalue weighted by Crippen LogP contribution is 2.47. The molecule has 1 saturated heterocycles. The van der Waals surface area contributed by atoms with Gasteiger partial charge in [0.2, 0.25) is 11.8 Å². The van der Waals surface area contributed by atoms with Gasteiger partial charge in [0.05, 0.1) is 52.1 Å². The molecular formula is C43H50N2O5Si. The fourth-order valence-electron chi connectivity index (χ4n) is 9.05. The van der Waals surface area contributed by atoms with Gasteiger partial charge in [0.15, 0.2) is 0 Å². The minimum Gasteiger partial charge on any atom is -0.497 e. The molecule has 0 unspecified atom stereocenters. The van der Waals surface area contributed by atoms with E-state index in [2.05, 4.69) is 62.5 Å². The number of carbonyl (C=O) groups excluding carboxylic acids is 2. The van der Waals surface area contributed by atoms with E-state index < -0.39 is 8.07 Å². The van der Waals surface area contributed by atoms with Gasteiger partial charge in [-0.25, -0.2) is 0 Å². The van der Waals surface area contributed by atoms with Gasteiger partial charge in [0.1, 0.15) is 5.75 Å². The third-order valence-electron chi connectivity index (χ3n) is 11.8. The van der Waals surface area contributed by atoms with E-state index in [-0.39, 0.29) is 48.1 Å². The van der Waals surface area contributed by atoms with Crippen LogP contribution in [-0.4, -0.2) is 61.9 Å². The maximum Gasteiger partial charge on any atom is 0.231 e. The predicted octanol–water partition coefficient (Wildman–Crippen LogP) is 6.96. The van der Waals surface area contributed by atoms with Gasteiger partial charge in [-0.15, -0.1) is 0 Å². The molecule has 0 aliphatic carbocycles. The smallest absolute Gasteiger partial charge is 0.231 e. The number of carbonyl (C=O) groups is 2. The molecular weight excluding hydrogens is 653 g/mol. The molecule has 5 atom stereocenters. The molecule has 0 aromatic heterocycles. The molecule has 4 aromatic rings. The minimum atomic E-state index is -2.18. The van der Waals surface area contributed by atoms with Crippen LogP contribution in [0.5, 0.6) is 5.75 Å². The van der Waals surface area contributed by atoms with Crippen LogP contribution in [0.25, 0.3) is 0 Å². The van der Waals surface area contributed by atoms with Gasteiger partial charge in [0.25, 0.3) is 0 Å². The molecule has 266 valence electrons. The molecule has 0 saturated carbocycles. The van der Waals surface area contributed by atoms with Crippen molar-refractivity contribution in [1.29, 1.82) is 0 Å². The summed E-state index contributed by atoms with van der Waals surface area (Å²) in [5.41, 5.74) is 6.80. The first-order valence-corrected chi connectivity index (χ1v) is 21.5. The van der Waals surface area contributed by atoms with Crippen LogP contribution in [0.1, 0.15) is 48.4 Å². The van der Waals surface area contributed by atoms with Crippen molar-refractivity contribution in [1.82, 2.24) is 4.90 Å². The van der Waals surface area contributed by atoms with Gasteiger partial charge >= 0.3 is 0 Å².